The maximum Gasteiger partial charge on any atom is 0.371 e. The summed E-state index contributed by atoms with van der Waals surface area (Å²) in [6.45, 7) is 1.77. The van der Waals surface area contributed by atoms with Gasteiger partial charge in [0.15, 0.2) is 0 Å². The van der Waals surface area contributed by atoms with Crippen LogP contribution in [0.4, 0.5) is 0 Å². The van der Waals surface area contributed by atoms with E-state index in [4.69, 9.17) is 14.3 Å². The number of methoxy groups -OCH3 is 1. The molecule has 0 bridgehead atoms. The minimum absolute atomic E-state index is 0.0113. The van der Waals surface area contributed by atoms with Crippen LogP contribution in [-0.2, 0) is 5.75 Å². The van der Waals surface area contributed by atoms with Crippen molar-refractivity contribution in [2.75, 3.05) is 7.11 Å². The normalized spacial score (nSPS) is 10.4. The Morgan fingerprint density at radius 2 is 2.05 bits per heavy atom. The highest BCUT2D eigenvalue weighted by Crippen LogP contribution is 2.27. The van der Waals surface area contributed by atoms with Gasteiger partial charge >= 0.3 is 5.97 Å². The number of benzene rings is 1. The number of rotatable bonds is 5. The van der Waals surface area contributed by atoms with Crippen molar-refractivity contribution in [2.45, 2.75) is 17.6 Å². The first kappa shape index (κ1) is 13.5. The van der Waals surface area contributed by atoms with E-state index < -0.39 is 5.97 Å². The highest BCUT2D eigenvalue weighted by Gasteiger charge is 2.13. The zero-order valence-electron chi connectivity index (χ0n) is 10.7. The Balaban J connectivity index is 2.03. The van der Waals surface area contributed by atoms with Crippen LogP contribution in [0, 0.1) is 6.92 Å². The van der Waals surface area contributed by atoms with Crippen LogP contribution >= 0.6 is 11.8 Å². The van der Waals surface area contributed by atoms with E-state index >= 15 is 0 Å². The summed E-state index contributed by atoms with van der Waals surface area (Å²) in [6.07, 6.45) is 0. The smallest absolute Gasteiger partial charge is 0.371 e. The van der Waals surface area contributed by atoms with Crippen LogP contribution in [0.3, 0.4) is 0 Å². The van der Waals surface area contributed by atoms with Crippen LogP contribution in [0.2, 0.25) is 0 Å². The van der Waals surface area contributed by atoms with Crippen molar-refractivity contribution in [3.05, 3.63) is 47.4 Å². The third kappa shape index (κ3) is 3.32. The summed E-state index contributed by atoms with van der Waals surface area (Å²) >= 11 is 1.62. The number of hydrogen-bond acceptors (Lipinski definition) is 4. The lowest BCUT2D eigenvalue weighted by Gasteiger charge is -2.02. The molecule has 1 aromatic carbocycles. The molecule has 1 heterocycles. The van der Waals surface area contributed by atoms with Crippen LogP contribution in [0.5, 0.6) is 5.75 Å². The van der Waals surface area contributed by atoms with Crippen LogP contribution < -0.4 is 4.74 Å². The molecule has 0 radical (unpaired) electrons. The molecule has 4 nitrogen and oxygen atoms in total. The number of hydrogen-bond donors (Lipinski definition) is 1. The summed E-state index contributed by atoms with van der Waals surface area (Å²) in [7, 11) is 1.63. The molecule has 0 saturated heterocycles. The number of carboxylic acid groups (broad SMARTS) is 1. The third-order valence-electron chi connectivity index (χ3n) is 2.69. The van der Waals surface area contributed by atoms with Gasteiger partial charge in [-0.2, -0.15) is 0 Å². The lowest BCUT2D eigenvalue weighted by atomic mass is 10.3. The van der Waals surface area contributed by atoms with Gasteiger partial charge in [0, 0.05) is 16.2 Å². The minimum atomic E-state index is -1.04. The molecule has 0 aliphatic heterocycles. The van der Waals surface area contributed by atoms with E-state index in [0.29, 0.717) is 11.5 Å². The largest absolute Gasteiger partial charge is 0.497 e. The minimum Gasteiger partial charge on any atom is -0.497 e. The van der Waals surface area contributed by atoms with Crippen molar-refractivity contribution in [2.24, 2.45) is 0 Å². The van der Waals surface area contributed by atoms with Gasteiger partial charge in [-0.15, -0.1) is 11.8 Å². The zero-order valence-corrected chi connectivity index (χ0v) is 11.5. The van der Waals surface area contributed by atoms with Crippen molar-refractivity contribution in [3.63, 3.8) is 0 Å². The second kappa shape index (κ2) is 5.84. The average molecular weight is 278 g/mol. The second-order valence-corrected chi connectivity index (χ2v) is 5.01. The van der Waals surface area contributed by atoms with E-state index in [1.165, 1.54) is 0 Å². The van der Waals surface area contributed by atoms with Crippen molar-refractivity contribution in [1.29, 1.82) is 0 Å². The van der Waals surface area contributed by atoms with E-state index in [0.717, 1.165) is 16.2 Å². The summed E-state index contributed by atoms with van der Waals surface area (Å²) in [4.78, 5) is 11.9. The third-order valence-corrected chi connectivity index (χ3v) is 3.75. The summed E-state index contributed by atoms with van der Waals surface area (Å²) in [5.74, 6) is 1.09. The first-order chi connectivity index (χ1) is 9.10. The van der Waals surface area contributed by atoms with Gasteiger partial charge in [0.05, 0.1) is 7.11 Å². The molecule has 0 aliphatic carbocycles. The molecule has 0 unspecified atom stereocenters. The van der Waals surface area contributed by atoms with E-state index in [9.17, 15) is 4.79 Å². The maximum atomic E-state index is 10.8. The van der Waals surface area contributed by atoms with Gasteiger partial charge in [0.25, 0.3) is 0 Å². The molecular formula is C14H14O4S. The van der Waals surface area contributed by atoms with E-state index in [1.54, 1.807) is 31.9 Å². The topological polar surface area (TPSA) is 59.7 Å². The number of carbonyl (C=O) groups is 1. The molecule has 0 atom stereocenters. The molecule has 0 amide bonds. The molecule has 1 aromatic heterocycles. The number of aromatic carboxylic acids is 1. The summed E-state index contributed by atoms with van der Waals surface area (Å²) in [5.41, 5.74) is 0.901. The monoisotopic (exact) mass is 278 g/mol. The number of ether oxygens (including phenoxy) is 1. The summed E-state index contributed by atoms with van der Waals surface area (Å²) in [5, 5.41) is 8.85. The van der Waals surface area contributed by atoms with Gasteiger partial charge in [0.1, 0.15) is 11.5 Å². The molecule has 0 fully saturated rings. The average Bonchev–Trinajstić information content (AvgIpc) is 2.79. The second-order valence-electron chi connectivity index (χ2n) is 3.96. The highest BCUT2D eigenvalue weighted by atomic mass is 32.2. The van der Waals surface area contributed by atoms with Crippen LogP contribution in [0.1, 0.15) is 21.9 Å². The Bertz CT molecular complexity index is 572. The van der Waals surface area contributed by atoms with Crippen molar-refractivity contribution >= 4 is 17.7 Å². The Morgan fingerprint density at radius 1 is 1.37 bits per heavy atom. The maximum absolute atomic E-state index is 10.8. The fourth-order valence-electron chi connectivity index (χ4n) is 1.60. The van der Waals surface area contributed by atoms with Crippen LogP contribution in [-0.4, -0.2) is 18.2 Å². The lowest BCUT2D eigenvalue weighted by molar-refractivity contribution is 0.0661. The molecule has 19 heavy (non-hydrogen) atoms. The van der Waals surface area contributed by atoms with Crippen molar-refractivity contribution < 1.29 is 19.1 Å². The molecule has 2 rings (SSSR count). The molecule has 0 aliphatic rings. The fraction of sp³-hybridized carbons (Fsp3) is 0.214. The highest BCUT2D eigenvalue weighted by molar-refractivity contribution is 7.98. The van der Waals surface area contributed by atoms with Gasteiger partial charge < -0.3 is 14.3 Å². The molecule has 100 valence electrons. The van der Waals surface area contributed by atoms with Gasteiger partial charge in [-0.3, -0.25) is 0 Å². The SMILES string of the molecule is COc1ccc(SCc2cc(C(=O)O)oc2C)cc1. The Labute approximate surface area is 115 Å². The van der Waals surface area contributed by atoms with Crippen LogP contribution in [0.25, 0.3) is 0 Å². The number of furan rings is 1. The lowest BCUT2D eigenvalue weighted by Crippen LogP contribution is -1.91. The van der Waals surface area contributed by atoms with E-state index in [2.05, 4.69) is 0 Å². The van der Waals surface area contributed by atoms with Gasteiger partial charge in [0.2, 0.25) is 5.76 Å². The Hall–Kier alpha value is -1.88. The molecule has 0 saturated carbocycles. The Morgan fingerprint density at radius 3 is 2.58 bits per heavy atom. The predicted octanol–water partition coefficient (Wildman–Crippen LogP) is 3.59. The predicted molar refractivity (Wildman–Crippen MR) is 73.0 cm³/mol. The summed E-state index contributed by atoms with van der Waals surface area (Å²) < 4.78 is 10.3. The van der Waals surface area contributed by atoms with Crippen LogP contribution in [0.15, 0.2) is 39.6 Å². The molecule has 1 N–H and O–H groups in total. The Kier molecular flexibility index (Phi) is 4.16. The molecule has 0 spiro atoms. The van der Waals surface area contributed by atoms with E-state index in [-0.39, 0.29) is 5.76 Å². The van der Waals surface area contributed by atoms with Gasteiger partial charge in [-0.1, -0.05) is 0 Å². The number of carboxylic acids is 1. The van der Waals surface area contributed by atoms with Crippen molar-refractivity contribution in [3.8, 4) is 5.75 Å². The number of thioether (sulfide) groups is 1. The van der Waals surface area contributed by atoms with Crippen molar-refractivity contribution in [1.82, 2.24) is 0 Å². The molecular weight excluding hydrogens is 264 g/mol. The first-order valence-electron chi connectivity index (χ1n) is 5.69. The summed E-state index contributed by atoms with van der Waals surface area (Å²) in [6, 6.07) is 9.31. The standard InChI is InChI=1S/C14H14O4S/c1-9-10(7-13(18-9)14(15)16)8-19-12-5-3-11(17-2)4-6-12/h3-7H,8H2,1-2H3,(H,15,16). The quantitative estimate of drug-likeness (QED) is 0.847. The fourth-order valence-corrected chi connectivity index (χ4v) is 2.54. The first-order valence-corrected chi connectivity index (χ1v) is 6.68. The van der Waals surface area contributed by atoms with Gasteiger partial charge in [-0.05, 0) is 37.3 Å². The molecule has 2 aromatic rings. The number of aryl methyl sites for hydroxylation is 1. The van der Waals surface area contributed by atoms with Gasteiger partial charge in [-0.25, -0.2) is 4.79 Å². The van der Waals surface area contributed by atoms with E-state index in [1.807, 2.05) is 24.3 Å². The zero-order chi connectivity index (χ0) is 13.8. The molecule has 5 heteroatoms.